The number of benzene rings is 1. The van der Waals surface area contributed by atoms with Crippen LogP contribution < -0.4 is 9.64 Å². The Hall–Kier alpha value is -2.04. The number of rotatable bonds is 2. The summed E-state index contributed by atoms with van der Waals surface area (Å²) in [5.41, 5.74) is 1.30. The van der Waals surface area contributed by atoms with Crippen molar-refractivity contribution in [3.8, 4) is 5.75 Å². The van der Waals surface area contributed by atoms with Crippen molar-refractivity contribution < 1.29 is 14.3 Å². The highest BCUT2D eigenvalue weighted by Crippen LogP contribution is 2.48. The molecule has 1 aromatic rings. The summed E-state index contributed by atoms with van der Waals surface area (Å²) in [6, 6.07) is 5.74. The smallest absolute Gasteiger partial charge is 0.239 e. The maximum atomic E-state index is 12.9. The van der Waals surface area contributed by atoms with E-state index in [0.717, 1.165) is 17.0 Å². The molecule has 5 nitrogen and oxygen atoms in total. The molecular weight excluding hydrogens is 280 g/mol. The quantitative estimate of drug-likeness (QED) is 0.837. The van der Waals surface area contributed by atoms with Crippen molar-refractivity contribution in [1.29, 1.82) is 0 Å². The van der Waals surface area contributed by atoms with E-state index in [0.29, 0.717) is 19.5 Å². The van der Waals surface area contributed by atoms with Gasteiger partial charge in [0.05, 0.1) is 12.5 Å². The van der Waals surface area contributed by atoms with Gasteiger partial charge in [0, 0.05) is 31.7 Å². The van der Waals surface area contributed by atoms with E-state index in [4.69, 9.17) is 4.74 Å². The number of methoxy groups -OCH3 is 1. The van der Waals surface area contributed by atoms with Crippen LogP contribution in [0.3, 0.4) is 0 Å². The Kier molecular flexibility index (Phi) is 3.38. The van der Waals surface area contributed by atoms with Crippen LogP contribution in [0.15, 0.2) is 18.2 Å². The van der Waals surface area contributed by atoms with Crippen LogP contribution in [-0.4, -0.2) is 44.0 Å². The van der Waals surface area contributed by atoms with E-state index < -0.39 is 5.41 Å². The summed E-state index contributed by atoms with van der Waals surface area (Å²) >= 11 is 0. The zero-order valence-corrected chi connectivity index (χ0v) is 13.5. The topological polar surface area (TPSA) is 49.9 Å². The van der Waals surface area contributed by atoms with E-state index >= 15 is 0 Å². The summed E-state index contributed by atoms with van der Waals surface area (Å²) in [7, 11) is 3.42. The number of ether oxygens (including phenoxy) is 1. The average molecular weight is 302 g/mol. The molecule has 1 aromatic carbocycles. The number of likely N-dealkylation sites (tertiary alicyclic amines) is 1. The molecule has 2 heterocycles. The second-order valence-electron chi connectivity index (χ2n) is 6.49. The molecule has 0 bridgehead atoms. The average Bonchev–Trinajstić information content (AvgIpc) is 3.05. The number of anilines is 1. The summed E-state index contributed by atoms with van der Waals surface area (Å²) in [5, 5.41) is 0. The number of hydrogen-bond donors (Lipinski definition) is 0. The van der Waals surface area contributed by atoms with Gasteiger partial charge in [0.15, 0.2) is 0 Å². The fourth-order valence-corrected chi connectivity index (χ4v) is 3.62. The first-order valence-corrected chi connectivity index (χ1v) is 7.66. The van der Waals surface area contributed by atoms with Crippen molar-refractivity contribution in [2.45, 2.75) is 25.7 Å². The number of likely N-dealkylation sites (N-methyl/N-ethyl adjacent to an activating group) is 1. The largest absolute Gasteiger partial charge is 0.497 e. The van der Waals surface area contributed by atoms with Gasteiger partial charge in [0.25, 0.3) is 0 Å². The summed E-state index contributed by atoms with van der Waals surface area (Å²) in [4.78, 5) is 28.7. The lowest BCUT2D eigenvalue weighted by Gasteiger charge is -2.24. The van der Waals surface area contributed by atoms with E-state index in [1.165, 1.54) is 0 Å². The van der Waals surface area contributed by atoms with Crippen molar-refractivity contribution in [3.63, 3.8) is 0 Å². The highest BCUT2D eigenvalue weighted by atomic mass is 16.5. The normalized spacial score (nSPS) is 23.6. The fraction of sp³-hybridized carbons (Fsp3) is 0.529. The first-order valence-electron chi connectivity index (χ1n) is 7.66. The van der Waals surface area contributed by atoms with Gasteiger partial charge in [-0.1, -0.05) is 13.8 Å². The van der Waals surface area contributed by atoms with Crippen LogP contribution in [0.1, 0.15) is 25.8 Å². The number of amides is 2. The summed E-state index contributed by atoms with van der Waals surface area (Å²) < 4.78 is 5.31. The SMILES string of the molecule is COc1ccc2c(c1)[C@@]1(CCN(C(=O)C(C)C)C1)C(=O)N2C. The zero-order chi connectivity index (χ0) is 16.1. The Morgan fingerprint density at radius 2 is 2.09 bits per heavy atom. The Balaban J connectivity index is 2.02. The summed E-state index contributed by atoms with van der Waals surface area (Å²) in [6.07, 6.45) is 0.675. The van der Waals surface area contributed by atoms with Gasteiger partial charge < -0.3 is 14.5 Å². The van der Waals surface area contributed by atoms with E-state index in [-0.39, 0.29) is 17.7 Å². The van der Waals surface area contributed by atoms with Gasteiger partial charge in [-0.15, -0.1) is 0 Å². The van der Waals surface area contributed by atoms with Gasteiger partial charge >= 0.3 is 0 Å². The molecule has 0 saturated carbocycles. The maximum absolute atomic E-state index is 12.9. The standard InChI is InChI=1S/C17H22N2O3/c1-11(2)15(20)19-8-7-17(10-19)13-9-12(22-4)5-6-14(13)18(3)16(17)21/h5-6,9,11H,7-8,10H2,1-4H3/t17-/m0/s1. The molecule has 2 aliphatic rings. The molecule has 0 N–H and O–H groups in total. The molecule has 118 valence electrons. The first-order chi connectivity index (χ1) is 10.4. The Bertz CT molecular complexity index is 641. The monoisotopic (exact) mass is 302 g/mol. The molecule has 22 heavy (non-hydrogen) atoms. The summed E-state index contributed by atoms with van der Waals surface area (Å²) in [6.45, 7) is 4.89. The Morgan fingerprint density at radius 1 is 1.36 bits per heavy atom. The van der Waals surface area contributed by atoms with Gasteiger partial charge in [0.1, 0.15) is 5.75 Å². The number of nitrogens with zero attached hydrogens (tertiary/aromatic N) is 2. The number of fused-ring (bicyclic) bond motifs is 2. The van der Waals surface area contributed by atoms with Crippen LogP contribution in [0, 0.1) is 5.92 Å². The van der Waals surface area contributed by atoms with E-state index in [1.807, 2.05) is 36.9 Å². The first kappa shape index (κ1) is 14.9. The maximum Gasteiger partial charge on any atom is 0.239 e. The van der Waals surface area contributed by atoms with E-state index in [2.05, 4.69) is 0 Å². The Morgan fingerprint density at radius 3 is 2.73 bits per heavy atom. The second-order valence-corrected chi connectivity index (χ2v) is 6.49. The minimum Gasteiger partial charge on any atom is -0.497 e. The molecule has 2 amide bonds. The number of hydrogen-bond acceptors (Lipinski definition) is 3. The van der Waals surface area contributed by atoms with Gasteiger partial charge in [0.2, 0.25) is 11.8 Å². The van der Waals surface area contributed by atoms with Gasteiger partial charge in [-0.25, -0.2) is 0 Å². The lowest BCUT2D eigenvalue weighted by Crippen LogP contribution is -2.42. The lowest BCUT2D eigenvalue weighted by molar-refractivity contribution is -0.133. The third kappa shape index (κ3) is 1.91. The summed E-state index contributed by atoms with van der Waals surface area (Å²) in [5.74, 6) is 0.891. The second kappa shape index (κ2) is 5.00. The molecule has 1 spiro atoms. The Labute approximate surface area is 130 Å². The molecule has 0 aromatic heterocycles. The van der Waals surface area contributed by atoms with Crippen molar-refractivity contribution >= 4 is 17.5 Å². The van der Waals surface area contributed by atoms with Gasteiger partial charge in [-0.05, 0) is 30.2 Å². The van der Waals surface area contributed by atoms with Crippen molar-refractivity contribution in [2.24, 2.45) is 5.92 Å². The molecule has 0 radical (unpaired) electrons. The number of carbonyl (C=O) groups is 2. The van der Waals surface area contributed by atoms with Crippen LogP contribution in [0.4, 0.5) is 5.69 Å². The molecule has 5 heteroatoms. The molecule has 0 aliphatic carbocycles. The van der Waals surface area contributed by atoms with Crippen LogP contribution in [-0.2, 0) is 15.0 Å². The molecule has 1 atom stereocenters. The number of carbonyl (C=O) groups excluding carboxylic acids is 2. The third-order valence-electron chi connectivity index (χ3n) is 4.87. The van der Waals surface area contributed by atoms with E-state index in [1.54, 1.807) is 19.1 Å². The molecule has 2 aliphatic heterocycles. The lowest BCUT2D eigenvalue weighted by atomic mass is 9.81. The van der Waals surface area contributed by atoms with Gasteiger partial charge in [-0.2, -0.15) is 0 Å². The van der Waals surface area contributed by atoms with Gasteiger partial charge in [-0.3, -0.25) is 9.59 Å². The fourth-order valence-electron chi connectivity index (χ4n) is 3.62. The van der Waals surface area contributed by atoms with Crippen LogP contribution in [0.25, 0.3) is 0 Å². The zero-order valence-electron chi connectivity index (χ0n) is 13.5. The molecule has 3 rings (SSSR count). The van der Waals surface area contributed by atoms with E-state index in [9.17, 15) is 9.59 Å². The highest BCUT2D eigenvalue weighted by Gasteiger charge is 2.54. The van der Waals surface area contributed by atoms with Crippen molar-refractivity contribution in [1.82, 2.24) is 4.90 Å². The van der Waals surface area contributed by atoms with Crippen molar-refractivity contribution in [2.75, 3.05) is 32.1 Å². The van der Waals surface area contributed by atoms with Crippen LogP contribution in [0.2, 0.25) is 0 Å². The predicted molar refractivity (Wildman–Crippen MR) is 84.1 cm³/mol. The molecule has 0 unspecified atom stereocenters. The van der Waals surface area contributed by atoms with Crippen LogP contribution in [0.5, 0.6) is 5.75 Å². The minimum atomic E-state index is -0.608. The minimum absolute atomic E-state index is 0.0471. The molecular formula is C17H22N2O3. The van der Waals surface area contributed by atoms with Crippen molar-refractivity contribution in [3.05, 3.63) is 23.8 Å². The third-order valence-corrected chi connectivity index (χ3v) is 4.87. The van der Waals surface area contributed by atoms with Crippen LogP contribution >= 0.6 is 0 Å². The predicted octanol–water partition coefficient (Wildman–Crippen LogP) is 1.80. The molecule has 1 saturated heterocycles. The highest BCUT2D eigenvalue weighted by molar-refractivity contribution is 6.08. The molecule has 1 fully saturated rings.